The topological polar surface area (TPSA) is 9.23 Å². The highest BCUT2D eigenvalue weighted by Gasteiger charge is 2.38. The zero-order valence-corrected chi connectivity index (χ0v) is 7.59. The van der Waals surface area contributed by atoms with Crippen molar-refractivity contribution in [1.29, 1.82) is 0 Å². The van der Waals surface area contributed by atoms with Crippen molar-refractivity contribution in [2.45, 2.75) is 45.1 Å². The van der Waals surface area contributed by atoms with Gasteiger partial charge in [0.25, 0.3) is 0 Å². The first kappa shape index (κ1) is 9.90. The second kappa shape index (κ2) is 4.17. The SMILES string of the molecule is CCOC1CCC(C)C(F)C1F. The summed E-state index contributed by atoms with van der Waals surface area (Å²) in [4.78, 5) is 0. The minimum absolute atomic E-state index is 0.156. The van der Waals surface area contributed by atoms with E-state index in [4.69, 9.17) is 4.74 Å². The van der Waals surface area contributed by atoms with Crippen molar-refractivity contribution in [2.24, 2.45) is 5.92 Å². The van der Waals surface area contributed by atoms with Crippen LogP contribution in [0.3, 0.4) is 0 Å². The summed E-state index contributed by atoms with van der Waals surface area (Å²) in [5.41, 5.74) is 0. The number of hydrogen-bond acceptors (Lipinski definition) is 1. The van der Waals surface area contributed by atoms with Crippen LogP contribution >= 0.6 is 0 Å². The molecule has 0 aromatic carbocycles. The van der Waals surface area contributed by atoms with Gasteiger partial charge in [0.15, 0.2) is 6.17 Å². The van der Waals surface area contributed by atoms with E-state index in [2.05, 4.69) is 0 Å². The van der Waals surface area contributed by atoms with Gasteiger partial charge < -0.3 is 4.74 Å². The molecule has 0 heterocycles. The summed E-state index contributed by atoms with van der Waals surface area (Å²) in [6.07, 6.45) is -1.90. The van der Waals surface area contributed by atoms with Crippen LogP contribution in [-0.4, -0.2) is 25.1 Å². The normalized spacial score (nSPS) is 43.0. The molecular weight excluding hydrogens is 162 g/mol. The molecule has 0 aromatic heterocycles. The molecule has 1 aliphatic rings. The lowest BCUT2D eigenvalue weighted by Gasteiger charge is -2.32. The summed E-state index contributed by atoms with van der Waals surface area (Å²) in [6, 6.07) is 0. The third-order valence-corrected chi connectivity index (χ3v) is 2.49. The smallest absolute Gasteiger partial charge is 0.157 e. The first-order chi connectivity index (χ1) is 5.66. The number of hydrogen-bond donors (Lipinski definition) is 0. The summed E-state index contributed by atoms with van der Waals surface area (Å²) >= 11 is 0. The lowest BCUT2D eigenvalue weighted by molar-refractivity contribution is -0.0675. The van der Waals surface area contributed by atoms with E-state index in [1.54, 1.807) is 13.8 Å². The molecule has 3 heteroatoms. The standard InChI is InChI=1S/C9H16F2O/c1-3-12-7-5-4-6(2)8(10)9(7)11/h6-9H,3-5H2,1-2H3. The molecule has 1 rings (SSSR count). The zero-order chi connectivity index (χ0) is 9.14. The van der Waals surface area contributed by atoms with Crippen molar-refractivity contribution in [3.8, 4) is 0 Å². The Kier molecular flexibility index (Phi) is 3.44. The van der Waals surface area contributed by atoms with Gasteiger partial charge in [-0.05, 0) is 25.7 Å². The van der Waals surface area contributed by atoms with Gasteiger partial charge in [-0.3, -0.25) is 0 Å². The minimum atomic E-state index is -1.42. The van der Waals surface area contributed by atoms with Crippen LogP contribution in [0.2, 0.25) is 0 Å². The Bertz CT molecular complexity index is 140. The average molecular weight is 178 g/mol. The number of alkyl halides is 2. The van der Waals surface area contributed by atoms with Crippen LogP contribution in [0.1, 0.15) is 26.7 Å². The third kappa shape index (κ3) is 1.94. The fourth-order valence-electron chi connectivity index (χ4n) is 1.65. The van der Waals surface area contributed by atoms with Gasteiger partial charge >= 0.3 is 0 Å². The van der Waals surface area contributed by atoms with Crippen molar-refractivity contribution in [3.63, 3.8) is 0 Å². The fourth-order valence-corrected chi connectivity index (χ4v) is 1.65. The summed E-state index contributed by atoms with van der Waals surface area (Å²) in [6.45, 7) is 4.02. The van der Waals surface area contributed by atoms with Gasteiger partial charge in [0.1, 0.15) is 6.17 Å². The first-order valence-corrected chi connectivity index (χ1v) is 4.56. The zero-order valence-electron chi connectivity index (χ0n) is 7.59. The van der Waals surface area contributed by atoms with E-state index < -0.39 is 18.4 Å². The first-order valence-electron chi connectivity index (χ1n) is 4.56. The molecular formula is C9H16F2O. The predicted molar refractivity (Wildman–Crippen MR) is 43.6 cm³/mol. The fraction of sp³-hybridized carbons (Fsp3) is 1.00. The maximum absolute atomic E-state index is 13.2. The Morgan fingerprint density at radius 1 is 1.25 bits per heavy atom. The molecule has 4 atom stereocenters. The van der Waals surface area contributed by atoms with Gasteiger partial charge in [-0.1, -0.05) is 6.92 Å². The van der Waals surface area contributed by atoms with E-state index in [0.29, 0.717) is 13.0 Å². The average Bonchev–Trinajstić information content (AvgIpc) is 2.07. The minimum Gasteiger partial charge on any atom is -0.375 e. The monoisotopic (exact) mass is 178 g/mol. The highest BCUT2D eigenvalue weighted by Crippen LogP contribution is 2.30. The van der Waals surface area contributed by atoms with Crippen LogP contribution in [0.25, 0.3) is 0 Å². The van der Waals surface area contributed by atoms with Crippen molar-refractivity contribution in [3.05, 3.63) is 0 Å². The maximum Gasteiger partial charge on any atom is 0.157 e. The Hall–Kier alpha value is -0.180. The Morgan fingerprint density at radius 2 is 1.92 bits per heavy atom. The van der Waals surface area contributed by atoms with Crippen LogP contribution in [0.5, 0.6) is 0 Å². The Morgan fingerprint density at radius 3 is 2.50 bits per heavy atom. The molecule has 0 bridgehead atoms. The molecule has 0 amide bonds. The molecule has 0 spiro atoms. The maximum atomic E-state index is 13.2. The van der Waals surface area contributed by atoms with Gasteiger partial charge in [-0.25, -0.2) is 8.78 Å². The van der Waals surface area contributed by atoms with Gasteiger partial charge in [-0.15, -0.1) is 0 Å². The third-order valence-electron chi connectivity index (χ3n) is 2.49. The summed E-state index contributed by atoms with van der Waals surface area (Å²) in [5.74, 6) is -0.156. The molecule has 0 radical (unpaired) electrons. The molecule has 1 nitrogen and oxygen atoms in total. The van der Waals surface area contributed by atoms with E-state index >= 15 is 0 Å². The Labute approximate surface area is 72.1 Å². The van der Waals surface area contributed by atoms with Crippen LogP contribution in [0.15, 0.2) is 0 Å². The van der Waals surface area contributed by atoms with E-state index in [-0.39, 0.29) is 5.92 Å². The number of rotatable bonds is 2. The molecule has 4 unspecified atom stereocenters. The Balaban J connectivity index is 2.46. The molecule has 72 valence electrons. The molecule has 1 saturated carbocycles. The predicted octanol–water partition coefficient (Wildman–Crippen LogP) is 2.50. The highest BCUT2D eigenvalue weighted by molar-refractivity contribution is 4.86. The largest absolute Gasteiger partial charge is 0.375 e. The van der Waals surface area contributed by atoms with Crippen LogP contribution < -0.4 is 0 Å². The van der Waals surface area contributed by atoms with Crippen LogP contribution in [0, 0.1) is 5.92 Å². The molecule has 1 aliphatic carbocycles. The summed E-state index contributed by atoms with van der Waals surface area (Å²) in [7, 11) is 0. The molecule has 0 N–H and O–H groups in total. The highest BCUT2D eigenvalue weighted by atomic mass is 19.2. The molecule has 0 aliphatic heterocycles. The second-order valence-electron chi connectivity index (χ2n) is 3.44. The molecule has 0 saturated heterocycles. The molecule has 1 fully saturated rings. The van der Waals surface area contributed by atoms with Crippen molar-refractivity contribution in [2.75, 3.05) is 6.61 Å². The van der Waals surface area contributed by atoms with E-state index in [1.807, 2.05) is 0 Å². The van der Waals surface area contributed by atoms with Crippen LogP contribution in [0.4, 0.5) is 8.78 Å². The summed E-state index contributed by atoms with van der Waals surface area (Å²) < 4.78 is 31.4. The van der Waals surface area contributed by atoms with E-state index in [0.717, 1.165) is 6.42 Å². The quantitative estimate of drug-likeness (QED) is 0.631. The van der Waals surface area contributed by atoms with E-state index in [9.17, 15) is 8.78 Å². The van der Waals surface area contributed by atoms with E-state index in [1.165, 1.54) is 0 Å². The molecule has 0 aromatic rings. The molecule has 12 heavy (non-hydrogen) atoms. The summed E-state index contributed by atoms with van der Waals surface area (Å²) in [5, 5.41) is 0. The van der Waals surface area contributed by atoms with Gasteiger partial charge in [0.2, 0.25) is 0 Å². The van der Waals surface area contributed by atoms with Gasteiger partial charge in [0, 0.05) is 6.61 Å². The second-order valence-corrected chi connectivity index (χ2v) is 3.44. The lowest BCUT2D eigenvalue weighted by Crippen LogP contribution is -2.41. The van der Waals surface area contributed by atoms with Crippen molar-refractivity contribution in [1.82, 2.24) is 0 Å². The van der Waals surface area contributed by atoms with Gasteiger partial charge in [-0.2, -0.15) is 0 Å². The van der Waals surface area contributed by atoms with Crippen molar-refractivity contribution < 1.29 is 13.5 Å². The lowest BCUT2D eigenvalue weighted by atomic mass is 9.86. The van der Waals surface area contributed by atoms with Crippen molar-refractivity contribution >= 4 is 0 Å². The van der Waals surface area contributed by atoms with Crippen LogP contribution in [-0.2, 0) is 4.74 Å². The van der Waals surface area contributed by atoms with Gasteiger partial charge in [0.05, 0.1) is 6.10 Å². The number of halogens is 2. The number of ether oxygens (including phenoxy) is 1.